The Morgan fingerprint density at radius 2 is 2.24 bits per heavy atom. The number of amides is 1. The van der Waals surface area contributed by atoms with Crippen molar-refractivity contribution in [2.75, 3.05) is 6.61 Å². The molecule has 2 rings (SSSR count). The van der Waals surface area contributed by atoms with Crippen LogP contribution >= 0.6 is 0 Å². The van der Waals surface area contributed by atoms with Gasteiger partial charge in [-0.1, -0.05) is 12.1 Å². The maximum atomic E-state index is 11.7. The van der Waals surface area contributed by atoms with Gasteiger partial charge in [0.25, 0.3) is 0 Å². The number of benzene rings is 1. The fourth-order valence-corrected chi connectivity index (χ4v) is 2.21. The van der Waals surface area contributed by atoms with Crippen molar-refractivity contribution in [3.63, 3.8) is 0 Å². The molecule has 0 fully saturated rings. The molecule has 1 N–H and O–H groups in total. The summed E-state index contributed by atoms with van der Waals surface area (Å²) in [6.07, 6.45) is 1.47. The molecule has 1 unspecified atom stereocenters. The number of ether oxygens (including phenoxy) is 2. The topological polar surface area (TPSA) is 64.6 Å². The largest absolute Gasteiger partial charge is 0.493 e. The van der Waals surface area contributed by atoms with Crippen LogP contribution in [0.15, 0.2) is 18.2 Å². The first kappa shape index (κ1) is 15.4. The van der Waals surface area contributed by atoms with Crippen LogP contribution < -0.4 is 10.1 Å². The number of hydrogen-bond donors (Lipinski definition) is 1. The first-order valence-corrected chi connectivity index (χ1v) is 7.07. The molecule has 1 aromatic carbocycles. The van der Waals surface area contributed by atoms with Gasteiger partial charge in [0.15, 0.2) is 0 Å². The van der Waals surface area contributed by atoms with Crippen LogP contribution in [0.25, 0.3) is 0 Å². The summed E-state index contributed by atoms with van der Waals surface area (Å²) in [6.45, 7) is 6.04. The molecule has 0 saturated carbocycles. The van der Waals surface area contributed by atoms with E-state index in [1.165, 1.54) is 0 Å². The lowest BCUT2D eigenvalue weighted by molar-refractivity contribution is -0.109. The van der Waals surface area contributed by atoms with Gasteiger partial charge in [0.1, 0.15) is 17.6 Å². The SMILES string of the molecule is CC(C)(C)OC(=O)NC(C=O)Cc1ccc2c(c1)CCO2. The van der Waals surface area contributed by atoms with E-state index in [0.717, 1.165) is 29.6 Å². The summed E-state index contributed by atoms with van der Waals surface area (Å²) in [5.41, 5.74) is 1.56. The quantitative estimate of drug-likeness (QED) is 0.864. The lowest BCUT2D eigenvalue weighted by Gasteiger charge is -2.21. The first-order chi connectivity index (χ1) is 9.87. The van der Waals surface area contributed by atoms with Gasteiger partial charge >= 0.3 is 6.09 Å². The summed E-state index contributed by atoms with van der Waals surface area (Å²) >= 11 is 0. The predicted octanol–water partition coefficient (Wildman–Crippen LogP) is 2.26. The third kappa shape index (κ3) is 4.48. The van der Waals surface area contributed by atoms with Gasteiger partial charge in [0.05, 0.1) is 12.6 Å². The second-order valence-corrected chi connectivity index (χ2v) is 6.13. The van der Waals surface area contributed by atoms with Gasteiger partial charge in [-0.05, 0) is 44.4 Å². The molecule has 114 valence electrons. The molecular formula is C16H21NO4. The molecule has 0 aliphatic carbocycles. The van der Waals surface area contributed by atoms with Crippen molar-refractivity contribution in [3.8, 4) is 5.75 Å². The van der Waals surface area contributed by atoms with Crippen LogP contribution in [0.4, 0.5) is 4.79 Å². The maximum Gasteiger partial charge on any atom is 0.408 e. The van der Waals surface area contributed by atoms with Crippen LogP contribution in [0.5, 0.6) is 5.75 Å². The third-order valence-corrected chi connectivity index (χ3v) is 3.08. The van der Waals surface area contributed by atoms with Crippen molar-refractivity contribution in [2.45, 2.75) is 45.3 Å². The summed E-state index contributed by atoms with van der Waals surface area (Å²) in [6, 6.07) is 5.25. The first-order valence-electron chi connectivity index (χ1n) is 7.07. The van der Waals surface area contributed by atoms with E-state index in [9.17, 15) is 9.59 Å². The Hall–Kier alpha value is -2.04. The van der Waals surface area contributed by atoms with Crippen LogP contribution in [-0.4, -0.2) is 30.6 Å². The Bertz CT molecular complexity index is 534. The number of fused-ring (bicyclic) bond motifs is 1. The Morgan fingerprint density at radius 1 is 1.48 bits per heavy atom. The summed E-state index contributed by atoms with van der Waals surface area (Å²) in [7, 11) is 0. The molecule has 0 saturated heterocycles. The third-order valence-electron chi connectivity index (χ3n) is 3.08. The average molecular weight is 291 g/mol. The van der Waals surface area contributed by atoms with Crippen molar-refractivity contribution < 1.29 is 19.1 Å². The summed E-state index contributed by atoms with van der Waals surface area (Å²) in [5.74, 6) is 0.904. The zero-order valence-corrected chi connectivity index (χ0v) is 12.6. The number of hydrogen-bond acceptors (Lipinski definition) is 4. The van der Waals surface area contributed by atoms with Gasteiger partial charge in [-0.15, -0.1) is 0 Å². The second kappa shape index (κ2) is 6.16. The van der Waals surface area contributed by atoms with Crippen molar-refractivity contribution >= 4 is 12.4 Å². The van der Waals surface area contributed by atoms with Gasteiger partial charge < -0.3 is 19.6 Å². The lowest BCUT2D eigenvalue weighted by atomic mass is 10.0. The number of aldehydes is 1. The number of carbonyl (C=O) groups is 2. The zero-order chi connectivity index (χ0) is 15.5. The van der Waals surface area contributed by atoms with E-state index in [4.69, 9.17) is 9.47 Å². The highest BCUT2D eigenvalue weighted by Gasteiger charge is 2.20. The zero-order valence-electron chi connectivity index (χ0n) is 12.6. The number of rotatable bonds is 4. The van der Waals surface area contributed by atoms with Crippen molar-refractivity contribution in [3.05, 3.63) is 29.3 Å². The van der Waals surface area contributed by atoms with E-state index < -0.39 is 17.7 Å². The number of nitrogens with one attached hydrogen (secondary N) is 1. The van der Waals surface area contributed by atoms with E-state index in [2.05, 4.69) is 5.32 Å². The minimum absolute atomic E-state index is 0.440. The Balaban J connectivity index is 1.96. The molecule has 1 aliphatic heterocycles. The fraction of sp³-hybridized carbons (Fsp3) is 0.500. The molecule has 0 aromatic heterocycles. The summed E-state index contributed by atoms with van der Waals surface area (Å²) in [5, 5.41) is 2.58. The molecule has 1 aliphatic rings. The highest BCUT2D eigenvalue weighted by atomic mass is 16.6. The predicted molar refractivity (Wildman–Crippen MR) is 78.6 cm³/mol. The van der Waals surface area contributed by atoms with Crippen LogP contribution in [0.2, 0.25) is 0 Å². The van der Waals surface area contributed by atoms with Gasteiger partial charge in [0.2, 0.25) is 0 Å². The highest BCUT2D eigenvalue weighted by Crippen LogP contribution is 2.26. The van der Waals surface area contributed by atoms with Gasteiger partial charge in [-0.25, -0.2) is 4.79 Å². The lowest BCUT2D eigenvalue weighted by Crippen LogP contribution is -2.41. The van der Waals surface area contributed by atoms with E-state index in [-0.39, 0.29) is 0 Å². The van der Waals surface area contributed by atoms with Gasteiger partial charge in [-0.3, -0.25) is 0 Å². The van der Waals surface area contributed by atoms with E-state index in [1.807, 2.05) is 18.2 Å². The number of alkyl carbamates (subject to hydrolysis) is 1. The van der Waals surface area contributed by atoms with Crippen molar-refractivity contribution in [2.24, 2.45) is 0 Å². The van der Waals surface area contributed by atoms with E-state index >= 15 is 0 Å². The molecule has 1 amide bonds. The highest BCUT2D eigenvalue weighted by molar-refractivity contribution is 5.73. The molecule has 5 heteroatoms. The maximum absolute atomic E-state index is 11.7. The molecule has 21 heavy (non-hydrogen) atoms. The molecule has 0 radical (unpaired) electrons. The van der Waals surface area contributed by atoms with E-state index in [0.29, 0.717) is 13.0 Å². The van der Waals surface area contributed by atoms with Gasteiger partial charge in [0, 0.05) is 6.42 Å². The molecular weight excluding hydrogens is 270 g/mol. The summed E-state index contributed by atoms with van der Waals surface area (Å²) in [4.78, 5) is 22.8. The monoisotopic (exact) mass is 291 g/mol. The van der Waals surface area contributed by atoms with Gasteiger partial charge in [-0.2, -0.15) is 0 Å². The second-order valence-electron chi connectivity index (χ2n) is 6.13. The Kier molecular flexibility index (Phi) is 4.50. The van der Waals surface area contributed by atoms with Crippen LogP contribution in [0.3, 0.4) is 0 Å². The average Bonchev–Trinajstić information content (AvgIpc) is 2.83. The molecule has 5 nitrogen and oxygen atoms in total. The number of carbonyl (C=O) groups excluding carboxylic acids is 2. The normalized spacial score (nSPS) is 14.8. The molecule has 1 aromatic rings. The summed E-state index contributed by atoms with van der Waals surface area (Å²) < 4.78 is 10.6. The molecule has 0 spiro atoms. The van der Waals surface area contributed by atoms with Crippen molar-refractivity contribution in [1.82, 2.24) is 5.32 Å². The van der Waals surface area contributed by atoms with Crippen LogP contribution in [-0.2, 0) is 22.4 Å². The smallest absolute Gasteiger partial charge is 0.408 e. The fourth-order valence-electron chi connectivity index (χ4n) is 2.21. The van der Waals surface area contributed by atoms with Crippen LogP contribution in [0.1, 0.15) is 31.9 Å². The van der Waals surface area contributed by atoms with Crippen molar-refractivity contribution in [1.29, 1.82) is 0 Å². The molecule has 1 heterocycles. The van der Waals surface area contributed by atoms with E-state index in [1.54, 1.807) is 20.8 Å². The Labute approximate surface area is 124 Å². The molecule has 0 bridgehead atoms. The Morgan fingerprint density at radius 3 is 2.90 bits per heavy atom. The van der Waals surface area contributed by atoms with Crippen LogP contribution in [0, 0.1) is 0 Å². The minimum Gasteiger partial charge on any atom is -0.493 e. The standard InChI is InChI=1S/C16H21NO4/c1-16(2,3)21-15(19)17-13(10-18)9-11-4-5-14-12(8-11)6-7-20-14/h4-5,8,10,13H,6-7,9H2,1-3H3,(H,17,19). The minimum atomic E-state index is -0.597. The molecule has 1 atom stereocenters.